The number of fused-ring (bicyclic) bond motifs is 3. The van der Waals surface area contributed by atoms with Gasteiger partial charge in [0.15, 0.2) is 0 Å². The second kappa shape index (κ2) is 11.5. The largest absolute Gasteiger partial charge is 0.444 e. The number of morpholine rings is 1. The van der Waals surface area contributed by atoms with Crippen LogP contribution in [0.4, 0.5) is 10.5 Å². The monoisotopic (exact) mass is 599 g/mol. The SMILES string of the molecule is C[C@@H]1CN(CC(=O)N2CC3(Cc4ccccc4C3)c3ccc(C#N)cc32)[C@@H](C(=O)N2CCOCC2)CN1C(=O)OC(C)(C)C. The van der Waals surface area contributed by atoms with Crippen LogP contribution in [0.5, 0.6) is 0 Å². The summed E-state index contributed by atoms with van der Waals surface area (Å²) in [5.74, 6) is -0.232. The zero-order valence-electron chi connectivity index (χ0n) is 26.0. The fourth-order valence-electron chi connectivity index (χ4n) is 7.25. The Balaban J connectivity index is 1.27. The van der Waals surface area contributed by atoms with Gasteiger partial charge >= 0.3 is 6.09 Å². The first-order valence-electron chi connectivity index (χ1n) is 15.5. The van der Waals surface area contributed by atoms with E-state index < -0.39 is 17.7 Å². The number of anilines is 1. The van der Waals surface area contributed by atoms with Crippen molar-refractivity contribution in [2.45, 2.75) is 63.6 Å². The molecule has 10 nitrogen and oxygen atoms in total. The van der Waals surface area contributed by atoms with Gasteiger partial charge in [-0.05, 0) is 69.4 Å². The molecule has 1 spiro atoms. The summed E-state index contributed by atoms with van der Waals surface area (Å²) in [6.45, 7) is 10.3. The summed E-state index contributed by atoms with van der Waals surface area (Å²) in [6.07, 6.45) is 1.20. The van der Waals surface area contributed by atoms with Gasteiger partial charge in [0.25, 0.3) is 0 Å². The van der Waals surface area contributed by atoms with Crippen LogP contribution in [-0.2, 0) is 37.3 Å². The van der Waals surface area contributed by atoms with Crippen LogP contribution >= 0.6 is 0 Å². The predicted octanol–water partition coefficient (Wildman–Crippen LogP) is 3.11. The van der Waals surface area contributed by atoms with Crippen molar-refractivity contribution in [3.8, 4) is 6.07 Å². The Kier molecular flexibility index (Phi) is 7.89. The Morgan fingerprint density at radius 2 is 1.73 bits per heavy atom. The lowest BCUT2D eigenvalue weighted by atomic mass is 9.79. The van der Waals surface area contributed by atoms with Crippen LogP contribution in [0.15, 0.2) is 42.5 Å². The molecule has 10 heteroatoms. The van der Waals surface area contributed by atoms with Crippen LogP contribution in [0.2, 0.25) is 0 Å². The maximum absolute atomic E-state index is 14.3. The van der Waals surface area contributed by atoms with Crippen molar-refractivity contribution < 1.29 is 23.9 Å². The third-order valence-corrected chi connectivity index (χ3v) is 9.34. The van der Waals surface area contributed by atoms with Crippen molar-refractivity contribution in [2.24, 2.45) is 0 Å². The number of hydrogen-bond donors (Lipinski definition) is 0. The first kappa shape index (κ1) is 30.1. The lowest BCUT2D eigenvalue weighted by molar-refractivity contribution is -0.145. The highest BCUT2D eigenvalue weighted by atomic mass is 16.6. The molecule has 0 aromatic heterocycles. The fourth-order valence-corrected chi connectivity index (χ4v) is 7.25. The molecule has 0 N–H and O–H groups in total. The lowest BCUT2D eigenvalue weighted by Gasteiger charge is -2.46. The van der Waals surface area contributed by atoms with E-state index in [0.717, 1.165) is 24.1 Å². The van der Waals surface area contributed by atoms with E-state index in [1.165, 1.54) is 11.1 Å². The van der Waals surface area contributed by atoms with Gasteiger partial charge in [0.2, 0.25) is 11.8 Å². The Morgan fingerprint density at radius 3 is 2.36 bits per heavy atom. The topological polar surface area (TPSA) is 106 Å². The summed E-state index contributed by atoms with van der Waals surface area (Å²) >= 11 is 0. The molecule has 2 saturated heterocycles. The quantitative estimate of drug-likeness (QED) is 0.534. The molecular formula is C34H41N5O5. The smallest absolute Gasteiger partial charge is 0.410 e. The highest BCUT2D eigenvalue weighted by Gasteiger charge is 2.49. The van der Waals surface area contributed by atoms with Crippen LogP contribution in [0.3, 0.4) is 0 Å². The summed E-state index contributed by atoms with van der Waals surface area (Å²) in [5, 5.41) is 9.69. The van der Waals surface area contributed by atoms with Crippen LogP contribution in [0.1, 0.15) is 49.9 Å². The molecular weight excluding hydrogens is 558 g/mol. The van der Waals surface area contributed by atoms with Crippen LogP contribution in [0.25, 0.3) is 0 Å². The Labute approximate surface area is 259 Å². The van der Waals surface area contributed by atoms with E-state index in [9.17, 15) is 19.6 Å². The molecule has 3 aliphatic heterocycles. The normalized spacial score (nSPS) is 22.8. The second-order valence-corrected chi connectivity index (χ2v) is 13.6. The highest BCUT2D eigenvalue weighted by molar-refractivity contribution is 5.98. The maximum Gasteiger partial charge on any atom is 0.410 e. The standard InChI is InChI=1S/C34H41N5O5/c1-23-19-37(29(31(41)36-11-13-43-14-12-36)20-38(23)32(42)44-33(2,3)4)21-30(40)39-22-34(16-25-7-5-6-8-26(25)17-34)27-10-9-24(18-35)15-28(27)39/h5-10,15,23,29H,11-14,16-17,19-22H2,1-4H3/t23-,29-/m1/s1. The minimum Gasteiger partial charge on any atom is -0.444 e. The Morgan fingerprint density at radius 1 is 1.05 bits per heavy atom. The van der Waals surface area contributed by atoms with Crippen molar-refractivity contribution in [1.82, 2.24) is 14.7 Å². The lowest BCUT2D eigenvalue weighted by Crippen LogP contribution is -2.65. The number of benzene rings is 2. The van der Waals surface area contributed by atoms with E-state index in [4.69, 9.17) is 9.47 Å². The summed E-state index contributed by atoms with van der Waals surface area (Å²) in [6, 6.07) is 15.4. The molecule has 232 valence electrons. The molecule has 2 atom stereocenters. The van der Waals surface area contributed by atoms with Crippen LogP contribution in [0, 0.1) is 11.3 Å². The van der Waals surface area contributed by atoms with Gasteiger partial charge in [-0.15, -0.1) is 0 Å². The van der Waals surface area contributed by atoms with Gasteiger partial charge in [-0.25, -0.2) is 4.79 Å². The van der Waals surface area contributed by atoms with Gasteiger partial charge < -0.3 is 24.2 Å². The Bertz CT molecular complexity index is 1480. The van der Waals surface area contributed by atoms with Gasteiger partial charge in [-0.3, -0.25) is 14.5 Å². The van der Waals surface area contributed by atoms with Crippen molar-refractivity contribution in [3.63, 3.8) is 0 Å². The third kappa shape index (κ3) is 5.66. The zero-order chi connectivity index (χ0) is 31.2. The number of piperazine rings is 1. The van der Waals surface area contributed by atoms with E-state index in [1.807, 2.05) is 55.7 Å². The summed E-state index contributed by atoms with van der Waals surface area (Å²) in [4.78, 5) is 48.5. The maximum atomic E-state index is 14.3. The molecule has 44 heavy (non-hydrogen) atoms. The van der Waals surface area contributed by atoms with Gasteiger partial charge in [0.05, 0.1) is 31.4 Å². The van der Waals surface area contributed by atoms with Crippen molar-refractivity contribution in [3.05, 3.63) is 64.7 Å². The first-order valence-corrected chi connectivity index (χ1v) is 15.5. The van der Waals surface area contributed by atoms with E-state index in [0.29, 0.717) is 45.0 Å². The van der Waals surface area contributed by atoms with Crippen molar-refractivity contribution in [1.29, 1.82) is 5.26 Å². The molecule has 2 aromatic carbocycles. The number of hydrogen-bond acceptors (Lipinski definition) is 7. The van der Waals surface area contributed by atoms with Gasteiger partial charge in [-0.2, -0.15) is 5.26 Å². The van der Waals surface area contributed by atoms with Gasteiger partial charge in [0, 0.05) is 49.9 Å². The molecule has 0 unspecified atom stereocenters. The molecule has 0 radical (unpaired) electrons. The number of ether oxygens (including phenoxy) is 2. The first-order chi connectivity index (χ1) is 21.0. The molecule has 0 bridgehead atoms. The number of nitrogens with zero attached hydrogens (tertiary/aromatic N) is 5. The fraction of sp³-hybridized carbons (Fsp3) is 0.529. The molecule has 3 amide bonds. The van der Waals surface area contributed by atoms with E-state index in [-0.39, 0.29) is 36.4 Å². The Hall–Kier alpha value is -3.94. The number of amides is 3. The second-order valence-electron chi connectivity index (χ2n) is 13.6. The van der Waals surface area contributed by atoms with E-state index >= 15 is 0 Å². The van der Waals surface area contributed by atoms with Crippen LogP contribution in [-0.4, -0.2) is 103 Å². The average Bonchev–Trinajstić information content (AvgIpc) is 3.53. The summed E-state index contributed by atoms with van der Waals surface area (Å²) < 4.78 is 11.2. The number of carbonyl (C=O) groups is 3. The summed E-state index contributed by atoms with van der Waals surface area (Å²) in [7, 11) is 0. The molecule has 0 saturated carbocycles. The predicted molar refractivity (Wildman–Crippen MR) is 164 cm³/mol. The van der Waals surface area contributed by atoms with Crippen LogP contribution < -0.4 is 4.90 Å². The minimum atomic E-state index is -0.696. The molecule has 3 heterocycles. The zero-order valence-corrected chi connectivity index (χ0v) is 26.0. The molecule has 4 aliphatic rings. The minimum absolute atomic E-state index is 0.0203. The highest BCUT2D eigenvalue weighted by Crippen LogP contribution is 2.49. The molecule has 6 rings (SSSR count). The van der Waals surface area contributed by atoms with Gasteiger partial charge in [0.1, 0.15) is 11.6 Å². The van der Waals surface area contributed by atoms with Gasteiger partial charge in [-0.1, -0.05) is 30.3 Å². The number of rotatable bonds is 3. The molecule has 2 aromatic rings. The van der Waals surface area contributed by atoms with Crippen molar-refractivity contribution in [2.75, 3.05) is 57.4 Å². The van der Waals surface area contributed by atoms with E-state index in [1.54, 1.807) is 9.80 Å². The van der Waals surface area contributed by atoms with Crippen molar-refractivity contribution >= 4 is 23.6 Å². The molecule has 1 aliphatic carbocycles. The molecule has 2 fully saturated rings. The number of nitriles is 1. The number of carbonyl (C=O) groups excluding carboxylic acids is 3. The third-order valence-electron chi connectivity index (χ3n) is 9.34. The van der Waals surface area contributed by atoms with E-state index in [2.05, 4.69) is 30.3 Å². The summed E-state index contributed by atoms with van der Waals surface area (Å²) in [5.41, 5.74) is 4.03. The average molecular weight is 600 g/mol.